The van der Waals surface area contributed by atoms with Gasteiger partial charge in [-0.05, 0) is 24.5 Å². The molecule has 0 bridgehead atoms. The van der Waals surface area contributed by atoms with E-state index in [1.807, 2.05) is 0 Å². The van der Waals surface area contributed by atoms with Crippen LogP contribution < -0.4 is 0 Å². The first-order chi connectivity index (χ1) is 10.1. The van der Waals surface area contributed by atoms with Gasteiger partial charge in [-0.15, -0.1) is 0 Å². The van der Waals surface area contributed by atoms with Crippen molar-refractivity contribution in [3.8, 4) is 0 Å². The summed E-state index contributed by atoms with van der Waals surface area (Å²) in [6, 6.07) is 3.09. The van der Waals surface area contributed by atoms with Gasteiger partial charge in [0.1, 0.15) is 11.0 Å². The van der Waals surface area contributed by atoms with Crippen LogP contribution >= 0.6 is 23.2 Å². The van der Waals surface area contributed by atoms with Gasteiger partial charge in [-0.25, -0.2) is 13.9 Å². The van der Waals surface area contributed by atoms with Crippen molar-refractivity contribution in [2.45, 2.75) is 18.3 Å². The van der Waals surface area contributed by atoms with Crippen LogP contribution in [-0.2, 0) is 0 Å². The monoisotopic (exact) mass is 322 g/mol. The molecule has 0 saturated heterocycles. The summed E-state index contributed by atoms with van der Waals surface area (Å²) >= 11 is 11.8. The second kappa shape index (κ2) is 4.64. The van der Waals surface area contributed by atoms with Gasteiger partial charge < -0.3 is 0 Å². The number of aromatic nitrogens is 4. The zero-order chi connectivity index (χ0) is 14.6. The van der Waals surface area contributed by atoms with E-state index in [0.29, 0.717) is 15.9 Å². The fraction of sp³-hybridized carbons (Fsp3) is 0.214. The molecule has 0 radical (unpaired) electrons. The highest BCUT2D eigenvalue weighted by Crippen LogP contribution is 2.55. The highest BCUT2D eigenvalue weighted by atomic mass is 35.5. The highest BCUT2D eigenvalue weighted by Gasteiger charge is 2.43. The molecule has 0 spiro atoms. The van der Waals surface area contributed by atoms with E-state index < -0.39 is 0 Å². The van der Waals surface area contributed by atoms with E-state index >= 15 is 0 Å². The fourth-order valence-corrected chi connectivity index (χ4v) is 3.06. The van der Waals surface area contributed by atoms with Crippen LogP contribution in [0, 0.1) is 5.82 Å². The van der Waals surface area contributed by atoms with Crippen molar-refractivity contribution in [3.05, 3.63) is 58.0 Å². The molecular weight excluding hydrogens is 314 g/mol. The fourth-order valence-electron chi connectivity index (χ4n) is 2.72. The van der Waals surface area contributed by atoms with Crippen molar-refractivity contribution >= 4 is 28.8 Å². The summed E-state index contributed by atoms with van der Waals surface area (Å²) < 4.78 is 15.6. The van der Waals surface area contributed by atoms with Crippen molar-refractivity contribution in [2.24, 2.45) is 0 Å². The zero-order valence-electron chi connectivity index (χ0n) is 10.7. The number of halogens is 3. The van der Waals surface area contributed by atoms with Crippen LogP contribution in [0.2, 0.25) is 10.2 Å². The Morgan fingerprint density at radius 2 is 2.05 bits per heavy atom. The lowest BCUT2D eigenvalue weighted by Crippen LogP contribution is -1.98. The summed E-state index contributed by atoms with van der Waals surface area (Å²) in [4.78, 5) is 8.42. The van der Waals surface area contributed by atoms with Gasteiger partial charge in [-0.3, -0.25) is 4.98 Å². The third kappa shape index (κ3) is 2.17. The van der Waals surface area contributed by atoms with E-state index in [1.165, 1.54) is 12.3 Å². The number of imidazole rings is 1. The van der Waals surface area contributed by atoms with E-state index in [9.17, 15) is 4.39 Å². The second-order valence-electron chi connectivity index (χ2n) is 5.09. The molecule has 3 aromatic heterocycles. The molecule has 3 aromatic rings. The molecule has 1 saturated carbocycles. The molecule has 0 N–H and O–H groups in total. The van der Waals surface area contributed by atoms with Gasteiger partial charge >= 0.3 is 0 Å². The Balaban J connectivity index is 1.74. The molecule has 1 fully saturated rings. The topological polar surface area (TPSA) is 43.1 Å². The maximum atomic E-state index is 14.0. The largest absolute Gasteiger partial charge is 0.256 e. The summed E-state index contributed by atoms with van der Waals surface area (Å²) in [6.07, 6.45) is 5.69. The van der Waals surface area contributed by atoms with Crippen LogP contribution in [0.3, 0.4) is 0 Å². The van der Waals surface area contributed by atoms with Gasteiger partial charge in [0.05, 0.1) is 10.7 Å². The average Bonchev–Trinajstić information content (AvgIpc) is 3.07. The normalized spacial score (nSPS) is 20.9. The van der Waals surface area contributed by atoms with Crippen molar-refractivity contribution in [1.82, 2.24) is 19.6 Å². The molecule has 21 heavy (non-hydrogen) atoms. The number of hydrogen-bond acceptors (Lipinski definition) is 3. The maximum absolute atomic E-state index is 14.0. The lowest BCUT2D eigenvalue weighted by atomic mass is 10.1. The van der Waals surface area contributed by atoms with Crippen LogP contribution in [0.1, 0.15) is 29.5 Å². The molecule has 2 atom stereocenters. The molecule has 0 amide bonds. The van der Waals surface area contributed by atoms with Crippen LogP contribution in [0.5, 0.6) is 0 Å². The molecular formula is C14H9Cl2FN4. The van der Waals surface area contributed by atoms with E-state index in [0.717, 1.165) is 17.6 Å². The first kappa shape index (κ1) is 13.0. The molecule has 4 rings (SSSR count). The molecule has 0 unspecified atom stereocenters. The SMILES string of the molecule is Fc1cc(Cl)cnc1[C@H]1C[C@@H]1c1cc(Cl)nn2ccnc12. The first-order valence-electron chi connectivity index (χ1n) is 6.44. The minimum Gasteiger partial charge on any atom is -0.256 e. The number of nitrogens with zero attached hydrogens (tertiary/aromatic N) is 4. The summed E-state index contributed by atoms with van der Waals surface area (Å²) in [6.45, 7) is 0. The lowest BCUT2D eigenvalue weighted by Gasteiger charge is -2.05. The Morgan fingerprint density at radius 3 is 2.86 bits per heavy atom. The van der Waals surface area contributed by atoms with Gasteiger partial charge in [-0.1, -0.05) is 23.2 Å². The third-order valence-electron chi connectivity index (χ3n) is 3.74. The predicted molar refractivity (Wildman–Crippen MR) is 77.3 cm³/mol. The summed E-state index contributed by atoms with van der Waals surface area (Å²) in [5, 5.41) is 4.84. The number of fused-ring (bicyclic) bond motifs is 1. The van der Waals surface area contributed by atoms with Gasteiger partial charge in [-0.2, -0.15) is 5.10 Å². The Morgan fingerprint density at radius 1 is 1.19 bits per heavy atom. The summed E-state index contributed by atoms with van der Waals surface area (Å²) in [5.74, 6) is -0.186. The van der Waals surface area contributed by atoms with Crippen molar-refractivity contribution in [2.75, 3.05) is 0 Å². The van der Waals surface area contributed by atoms with Crippen LogP contribution in [0.15, 0.2) is 30.7 Å². The minimum atomic E-state index is -0.366. The second-order valence-corrected chi connectivity index (χ2v) is 5.91. The first-order valence-corrected chi connectivity index (χ1v) is 7.20. The number of hydrogen-bond donors (Lipinski definition) is 0. The molecule has 0 aliphatic heterocycles. The van der Waals surface area contributed by atoms with E-state index in [4.69, 9.17) is 23.2 Å². The third-order valence-corrected chi connectivity index (χ3v) is 4.13. The number of pyridine rings is 1. The Kier molecular flexibility index (Phi) is 2.87. The smallest absolute Gasteiger partial charge is 0.157 e. The predicted octanol–water partition coefficient (Wildman–Crippen LogP) is 3.84. The molecule has 106 valence electrons. The molecule has 1 aliphatic carbocycles. The summed E-state index contributed by atoms with van der Waals surface area (Å²) in [7, 11) is 0. The zero-order valence-corrected chi connectivity index (χ0v) is 12.2. The lowest BCUT2D eigenvalue weighted by molar-refractivity contribution is 0.598. The van der Waals surface area contributed by atoms with E-state index in [1.54, 1.807) is 23.0 Å². The Hall–Kier alpha value is -1.72. The van der Waals surface area contributed by atoms with Crippen LogP contribution in [-0.4, -0.2) is 19.6 Å². The van der Waals surface area contributed by atoms with Gasteiger partial charge in [0.15, 0.2) is 5.65 Å². The molecule has 0 aromatic carbocycles. The van der Waals surface area contributed by atoms with E-state index in [2.05, 4.69) is 15.1 Å². The van der Waals surface area contributed by atoms with Gasteiger partial charge in [0, 0.05) is 30.1 Å². The molecule has 3 heterocycles. The number of rotatable bonds is 2. The van der Waals surface area contributed by atoms with Crippen molar-refractivity contribution in [3.63, 3.8) is 0 Å². The summed E-state index contributed by atoms with van der Waals surface area (Å²) in [5.41, 5.74) is 2.17. The van der Waals surface area contributed by atoms with Crippen molar-refractivity contribution in [1.29, 1.82) is 0 Å². The molecule has 1 aliphatic rings. The Labute approximate surface area is 129 Å². The minimum absolute atomic E-state index is 0.0289. The van der Waals surface area contributed by atoms with Gasteiger partial charge in [0.25, 0.3) is 0 Å². The highest BCUT2D eigenvalue weighted by molar-refractivity contribution is 6.30. The van der Waals surface area contributed by atoms with E-state index in [-0.39, 0.29) is 17.7 Å². The molecule has 7 heteroatoms. The van der Waals surface area contributed by atoms with Crippen LogP contribution in [0.25, 0.3) is 5.65 Å². The molecule has 4 nitrogen and oxygen atoms in total. The maximum Gasteiger partial charge on any atom is 0.157 e. The average molecular weight is 323 g/mol. The Bertz CT molecular complexity index is 848. The standard InChI is InChI=1S/C14H9Cl2FN4/c15-7-3-11(17)13(19-6-7)9-4-8(9)10-5-12(16)20-21-2-1-18-14(10)21/h1-3,5-6,8-9H,4H2/t8-,9-/m0/s1. The van der Waals surface area contributed by atoms with Crippen LogP contribution in [0.4, 0.5) is 4.39 Å². The van der Waals surface area contributed by atoms with Gasteiger partial charge in [0.2, 0.25) is 0 Å². The van der Waals surface area contributed by atoms with Crippen molar-refractivity contribution < 1.29 is 4.39 Å². The quantitative estimate of drug-likeness (QED) is 0.720.